The number of benzene rings is 2. The molecule has 1 saturated heterocycles. The van der Waals surface area contributed by atoms with Crippen LogP contribution < -0.4 is 10.6 Å². The molecule has 5 nitrogen and oxygen atoms in total. The molecule has 8 heteroatoms. The maximum absolute atomic E-state index is 13.0. The lowest BCUT2D eigenvalue weighted by molar-refractivity contribution is 0.0170. The average molecular weight is 533 g/mol. The van der Waals surface area contributed by atoms with E-state index in [-0.39, 0.29) is 35.8 Å². The lowest BCUT2D eigenvalue weighted by Crippen LogP contribution is -2.46. The molecule has 0 aliphatic carbocycles. The first-order valence-corrected chi connectivity index (χ1v) is 9.80. The van der Waals surface area contributed by atoms with Crippen molar-refractivity contribution in [3.05, 3.63) is 70.5 Å². The van der Waals surface area contributed by atoms with E-state index in [1.165, 1.54) is 17.7 Å². The van der Waals surface area contributed by atoms with Crippen molar-refractivity contribution in [3.8, 4) is 0 Å². The Bertz CT molecular complexity index is 767. The van der Waals surface area contributed by atoms with Gasteiger partial charge in [-0.3, -0.25) is 9.89 Å². The van der Waals surface area contributed by atoms with Gasteiger partial charge in [0.1, 0.15) is 5.82 Å². The monoisotopic (exact) mass is 532 g/mol. The third-order valence-electron chi connectivity index (χ3n) is 4.80. The Balaban J connectivity index is 0.00000300. The van der Waals surface area contributed by atoms with Gasteiger partial charge in [-0.1, -0.05) is 35.9 Å². The zero-order valence-electron chi connectivity index (χ0n) is 16.4. The van der Waals surface area contributed by atoms with Crippen LogP contribution in [0.1, 0.15) is 17.2 Å². The fourth-order valence-electron chi connectivity index (χ4n) is 3.23. The van der Waals surface area contributed by atoms with Gasteiger partial charge < -0.3 is 15.4 Å². The average Bonchev–Trinajstić information content (AvgIpc) is 2.73. The largest absolute Gasteiger partial charge is 0.379 e. The maximum Gasteiger partial charge on any atom is 0.191 e. The molecule has 0 bridgehead atoms. The number of rotatable bonds is 6. The molecule has 1 aliphatic heterocycles. The van der Waals surface area contributed by atoms with Gasteiger partial charge in [-0.15, -0.1) is 24.0 Å². The number of nitrogens with one attached hydrogen (secondary N) is 2. The summed E-state index contributed by atoms with van der Waals surface area (Å²) in [7, 11) is 1.74. The van der Waals surface area contributed by atoms with E-state index >= 15 is 0 Å². The van der Waals surface area contributed by atoms with Crippen LogP contribution in [0.25, 0.3) is 0 Å². The molecule has 0 saturated carbocycles. The molecule has 3 rings (SSSR count). The number of hydrogen-bond donors (Lipinski definition) is 2. The zero-order valence-corrected chi connectivity index (χ0v) is 19.5. The fraction of sp³-hybridized carbons (Fsp3) is 0.381. The summed E-state index contributed by atoms with van der Waals surface area (Å²) in [6, 6.07) is 14.6. The van der Waals surface area contributed by atoms with E-state index in [0.717, 1.165) is 36.9 Å². The highest BCUT2D eigenvalue weighted by molar-refractivity contribution is 14.0. The molecular formula is C21H27ClFIN4O. The van der Waals surface area contributed by atoms with E-state index in [0.29, 0.717) is 19.0 Å². The lowest BCUT2D eigenvalue weighted by atomic mass is 10.0. The first-order valence-electron chi connectivity index (χ1n) is 9.42. The van der Waals surface area contributed by atoms with Crippen LogP contribution in [0.5, 0.6) is 0 Å². The number of ether oxygens (including phenoxy) is 1. The number of hydrogen-bond acceptors (Lipinski definition) is 3. The highest BCUT2D eigenvalue weighted by atomic mass is 127. The molecule has 0 spiro atoms. The number of nitrogens with zero attached hydrogens (tertiary/aromatic N) is 2. The van der Waals surface area contributed by atoms with E-state index in [1.807, 2.05) is 12.1 Å². The second-order valence-electron chi connectivity index (χ2n) is 6.65. The smallest absolute Gasteiger partial charge is 0.191 e. The third-order valence-corrected chi connectivity index (χ3v) is 5.05. The van der Waals surface area contributed by atoms with Crippen LogP contribution >= 0.6 is 35.6 Å². The van der Waals surface area contributed by atoms with Crippen molar-refractivity contribution in [2.75, 3.05) is 39.9 Å². The molecule has 0 radical (unpaired) electrons. The zero-order chi connectivity index (χ0) is 19.8. The quantitative estimate of drug-likeness (QED) is 0.337. The van der Waals surface area contributed by atoms with Crippen LogP contribution in [0.2, 0.25) is 5.02 Å². The Labute approximate surface area is 193 Å². The van der Waals surface area contributed by atoms with Crippen LogP contribution in [0.3, 0.4) is 0 Å². The van der Waals surface area contributed by atoms with Crippen LogP contribution in [0, 0.1) is 5.82 Å². The van der Waals surface area contributed by atoms with Gasteiger partial charge in [0.2, 0.25) is 0 Å². The summed E-state index contributed by atoms with van der Waals surface area (Å²) in [4.78, 5) is 6.71. The van der Waals surface area contributed by atoms with Crippen molar-refractivity contribution in [1.82, 2.24) is 15.5 Å². The topological polar surface area (TPSA) is 48.9 Å². The van der Waals surface area contributed by atoms with Crippen LogP contribution in [-0.2, 0) is 11.3 Å². The molecule has 2 N–H and O–H groups in total. The van der Waals surface area contributed by atoms with Crippen LogP contribution in [0.4, 0.5) is 4.39 Å². The summed E-state index contributed by atoms with van der Waals surface area (Å²) < 4.78 is 18.5. The third kappa shape index (κ3) is 7.40. The highest BCUT2D eigenvalue weighted by Gasteiger charge is 2.22. The number of guanidine groups is 1. The maximum atomic E-state index is 13.0. The molecule has 1 aliphatic rings. The van der Waals surface area contributed by atoms with E-state index in [9.17, 15) is 4.39 Å². The van der Waals surface area contributed by atoms with Crippen molar-refractivity contribution < 1.29 is 9.13 Å². The molecule has 158 valence electrons. The second kappa shape index (κ2) is 12.3. The second-order valence-corrected chi connectivity index (χ2v) is 7.09. The Morgan fingerprint density at radius 1 is 1.10 bits per heavy atom. The van der Waals surface area contributed by atoms with Gasteiger partial charge in [-0.05, 0) is 35.4 Å². The normalized spacial score (nSPS) is 16.0. The van der Waals surface area contributed by atoms with Gasteiger partial charge in [-0.25, -0.2) is 4.39 Å². The Morgan fingerprint density at radius 3 is 2.38 bits per heavy atom. The van der Waals surface area contributed by atoms with Gasteiger partial charge in [0.05, 0.1) is 19.3 Å². The van der Waals surface area contributed by atoms with E-state index < -0.39 is 0 Å². The SMILES string of the molecule is CN=C(NCc1ccc(F)cc1)NCC(c1ccc(Cl)cc1)N1CCOCC1.I. The predicted octanol–water partition coefficient (Wildman–Crippen LogP) is 3.84. The minimum atomic E-state index is -0.234. The number of morpholine rings is 1. The molecule has 0 aromatic heterocycles. The van der Waals surface area contributed by atoms with Crippen molar-refractivity contribution in [3.63, 3.8) is 0 Å². The van der Waals surface area contributed by atoms with Crippen molar-refractivity contribution >= 4 is 41.5 Å². The fourth-order valence-corrected chi connectivity index (χ4v) is 3.36. The molecule has 1 unspecified atom stereocenters. The molecule has 0 amide bonds. The van der Waals surface area contributed by atoms with Gasteiger partial charge >= 0.3 is 0 Å². The molecule has 29 heavy (non-hydrogen) atoms. The van der Waals surface area contributed by atoms with Crippen LogP contribution in [0.15, 0.2) is 53.5 Å². The minimum absolute atomic E-state index is 0. The van der Waals surface area contributed by atoms with E-state index in [1.54, 1.807) is 19.2 Å². The van der Waals surface area contributed by atoms with Gasteiger partial charge in [-0.2, -0.15) is 0 Å². The minimum Gasteiger partial charge on any atom is -0.379 e. The van der Waals surface area contributed by atoms with Gasteiger partial charge in [0.15, 0.2) is 5.96 Å². The highest BCUT2D eigenvalue weighted by Crippen LogP contribution is 2.23. The van der Waals surface area contributed by atoms with Crippen LogP contribution in [-0.4, -0.2) is 50.8 Å². The number of halogens is 3. The lowest BCUT2D eigenvalue weighted by Gasteiger charge is -2.35. The Hall–Kier alpha value is -1.42. The number of aliphatic imine (C=N–C) groups is 1. The summed E-state index contributed by atoms with van der Waals surface area (Å²) in [5.74, 6) is 0.471. The summed E-state index contributed by atoms with van der Waals surface area (Å²) in [5, 5.41) is 7.42. The molecular weight excluding hydrogens is 506 g/mol. The molecule has 1 heterocycles. The first kappa shape index (κ1) is 23.9. The Kier molecular flexibility index (Phi) is 10.1. The summed E-state index contributed by atoms with van der Waals surface area (Å²) >= 11 is 6.06. The standard InChI is InChI=1S/C21H26ClFN4O.HI/c1-24-21(25-14-16-2-8-19(23)9-3-16)26-15-20(27-10-12-28-13-11-27)17-4-6-18(22)7-5-17;/h2-9,20H,10-15H2,1H3,(H2,24,25,26);1H. The van der Waals surface area contributed by atoms with Crippen molar-refractivity contribution in [2.45, 2.75) is 12.6 Å². The molecule has 2 aromatic rings. The summed E-state index contributed by atoms with van der Waals surface area (Å²) in [6.45, 7) is 4.52. The molecule has 1 fully saturated rings. The van der Waals surface area contributed by atoms with Gasteiger partial charge in [0, 0.05) is 38.2 Å². The van der Waals surface area contributed by atoms with E-state index in [2.05, 4.69) is 32.7 Å². The van der Waals surface area contributed by atoms with Crippen molar-refractivity contribution in [1.29, 1.82) is 0 Å². The van der Waals surface area contributed by atoms with E-state index in [4.69, 9.17) is 16.3 Å². The first-order chi connectivity index (χ1) is 13.7. The summed E-state index contributed by atoms with van der Waals surface area (Å²) in [6.07, 6.45) is 0. The molecule has 1 atom stereocenters. The van der Waals surface area contributed by atoms with Gasteiger partial charge in [0.25, 0.3) is 0 Å². The summed E-state index contributed by atoms with van der Waals surface area (Å²) in [5.41, 5.74) is 2.19. The predicted molar refractivity (Wildman–Crippen MR) is 127 cm³/mol. The molecule has 2 aromatic carbocycles. The van der Waals surface area contributed by atoms with Crippen molar-refractivity contribution in [2.24, 2.45) is 4.99 Å². The Morgan fingerprint density at radius 2 is 1.76 bits per heavy atom.